The van der Waals surface area contributed by atoms with Crippen molar-refractivity contribution in [1.29, 1.82) is 0 Å². The zero-order valence-electron chi connectivity index (χ0n) is 14.7. The van der Waals surface area contributed by atoms with Crippen molar-refractivity contribution in [2.75, 3.05) is 37.5 Å². The lowest BCUT2D eigenvalue weighted by Gasteiger charge is -2.22. The second kappa shape index (κ2) is 10.4. The molecule has 0 spiro atoms. The van der Waals surface area contributed by atoms with Gasteiger partial charge in [-0.3, -0.25) is 14.5 Å². The van der Waals surface area contributed by atoms with Crippen LogP contribution in [0.25, 0.3) is 0 Å². The highest BCUT2D eigenvalue weighted by molar-refractivity contribution is 9.10. The van der Waals surface area contributed by atoms with Crippen LogP contribution < -0.4 is 10.6 Å². The summed E-state index contributed by atoms with van der Waals surface area (Å²) < 4.78 is 6.31. The Morgan fingerprint density at radius 2 is 1.96 bits per heavy atom. The fourth-order valence-electron chi connectivity index (χ4n) is 2.28. The van der Waals surface area contributed by atoms with Gasteiger partial charge in [-0.2, -0.15) is 0 Å². The molecule has 26 heavy (non-hydrogen) atoms. The van der Waals surface area contributed by atoms with Gasteiger partial charge >= 0.3 is 0 Å². The molecule has 1 unspecified atom stereocenters. The fourth-order valence-corrected chi connectivity index (χ4v) is 3.33. The number of nitrogens with zero attached hydrogens (tertiary/aromatic N) is 1. The number of likely N-dealkylation sites (N-methyl/N-ethyl adjacent to an activating group) is 1. The quantitative estimate of drug-likeness (QED) is 0.627. The molecule has 1 aromatic heterocycles. The van der Waals surface area contributed by atoms with Gasteiger partial charge in [0.15, 0.2) is 0 Å². The lowest BCUT2D eigenvalue weighted by molar-refractivity contribution is -0.118. The molecule has 2 N–H and O–H groups in total. The highest BCUT2D eigenvalue weighted by Gasteiger charge is 2.17. The minimum absolute atomic E-state index is 0.0289. The van der Waals surface area contributed by atoms with Crippen LogP contribution in [-0.2, 0) is 9.59 Å². The Kier molecular flexibility index (Phi) is 8.21. The molecule has 140 valence electrons. The standard InChI is InChI=1S/C18H22BrN3O3S/c1-22(2)15(16-7-4-8-25-16)10-20-17(23)11-26-12-18(24)21-14-6-3-5-13(19)9-14/h3-9,15H,10-12H2,1-2H3,(H,20,23)(H,21,24). The average molecular weight is 440 g/mol. The van der Waals surface area contributed by atoms with E-state index >= 15 is 0 Å². The first-order valence-corrected chi connectivity index (χ1v) is 10.00. The third-order valence-corrected chi connectivity index (χ3v) is 4.99. The Balaban J connectivity index is 1.69. The van der Waals surface area contributed by atoms with Crippen molar-refractivity contribution < 1.29 is 14.0 Å². The number of nitrogens with one attached hydrogen (secondary N) is 2. The number of carbonyl (C=O) groups is 2. The molecule has 2 amide bonds. The summed E-state index contributed by atoms with van der Waals surface area (Å²) in [6.45, 7) is 0.449. The number of furan rings is 1. The SMILES string of the molecule is CN(C)C(CNC(=O)CSCC(=O)Nc1cccc(Br)c1)c1ccco1. The zero-order chi connectivity index (χ0) is 18.9. The van der Waals surface area contributed by atoms with E-state index in [1.165, 1.54) is 11.8 Å². The zero-order valence-corrected chi connectivity index (χ0v) is 17.1. The van der Waals surface area contributed by atoms with E-state index in [4.69, 9.17) is 4.42 Å². The predicted molar refractivity (Wildman–Crippen MR) is 108 cm³/mol. The van der Waals surface area contributed by atoms with Gasteiger partial charge in [-0.05, 0) is 44.4 Å². The van der Waals surface area contributed by atoms with Gasteiger partial charge in [0.1, 0.15) is 5.76 Å². The van der Waals surface area contributed by atoms with E-state index in [1.807, 2.05) is 55.4 Å². The monoisotopic (exact) mass is 439 g/mol. The molecular formula is C18H22BrN3O3S. The lowest BCUT2D eigenvalue weighted by atomic mass is 10.2. The van der Waals surface area contributed by atoms with Crippen molar-refractivity contribution >= 4 is 45.2 Å². The summed E-state index contributed by atoms with van der Waals surface area (Å²) in [5, 5.41) is 5.68. The number of halogens is 1. The number of hydrogen-bond donors (Lipinski definition) is 2. The number of carbonyl (C=O) groups excluding carboxylic acids is 2. The maximum Gasteiger partial charge on any atom is 0.234 e. The molecule has 1 aromatic carbocycles. The lowest BCUT2D eigenvalue weighted by Crippen LogP contribution is -2.35. The minimum atomic E-state index is -0.136. The van der Waals surface area contributed by atoms with Crippen LogP contribution in [0, 0.1) is 0 Å². The molecule has 2 aromatic rings. The van der Waals surface area contributed by atoms with E-state index in [-0.39, 0.29) is 29.4 Å². The van der Waals surface area contributed by atoms with Gasteiger partial charge in [0, 0.05) is 16.7 Å². The van der Waals surface area contributed by atoms with Gasteiger partial charge in [0.2, 0.25) is 11.8 Å². The number of thioether (sulfide) groups is 1. The summed E-state index contributed by atoms with van der Waals surface area (Å²) >= 11 is 4.64. The van der Waals surface area contributed by atoms with Crippen LogP contribution in [0.5, 0.6) is 0 Å². The molecule has 0 bridgehead atoms. The van der Waals surface area contributed by atoms with E-state index in [0.29, 0.717) is 6.54 Å². The van der Waals surface area contributed by atoms with Gasteiger partial charge in [0.25, 0.3) is 0 Å². The molecule has 0 saturated heterocycles. The van der Waals surface area contributed by atoms with E-state index in [0.717, 1.165) is 15.9 Å². The summed E-state index contributed by atoms with van der Waals surface area (Å²) in [4.78, 5) is 25.9. The summed E-state index contributed by atoms with van der Waals surface area (Å²) in [6.07, 6.45) is 1.62. The third-order valence-electron chi connectivity index (χ3n) is 3.56. The molecule has 8 heteroatoms. The van der Waals surface area contributed by atoms with Gasteiger partial charge < -0.3 is 15.1 Å². The Bertz CT molecular complexity index is 722. The molecule has 1 heterocycles. The van der Waals surface area contributed by atoms with Crippen LogP contribution >= 0.6 is 27.7 Å². The van der Waals surface area contributed by atoms with Gasteiger partial charge in [-0.1, -0.05) is 22.0 Å². The van der Waals surface area contributed by atoms with Gasteiger partial charge in [-0.25, -0.2) is 0 Å². The molecule has 0 aliphatic rings. The topological polar surface area (TPSA) is 74.6 Å². The highest BCUT2D eigenvalue weighted by Crippen LogP contribution is 2.18. The Labute approximate surface area is 165 Å². The van der Waals surface area contributed by atoms with Crippen LogP contribution in [0.3, 0.4) is 0 Å². The number of anilines is 1. The van der Waals surface area contributed by atoms with Crippen molar-refractivity contribution in [2.45, 2.75) is 6.04 Å². The van der Waals surface area contributed by atoms with Gasteiger partial charge in [-0.15, -0.1) is 11.8 Å². The maximum absolute atomic E-state index is 12.0. The summed E-state index contributed by atoms with van der Waals surface area (Å²) in [6, 6.07) is 11.1. The molecule has 0 saturated carbocycles. The van der Waals surface area contributed by atoms with E-state index in [9.17, 15) is 9.59 Å². The van der Waals surface area contributed by atoms with E-state index < -0.39 is 0 Å². The molecule has 1 atom stereocenters. The van der Waals surface area contributed by atoms with Crippen LogP contribution in [0.4, 0.5) is 5.69 Å². The number of hydrogen-bond acceptors (Lipinski definition) is 5. The first-order valence-electron chi connectivity index (χ1n) is 8.05. The smallest absolute Gasteiger partial charge is 0.234 e. The predicted octanol–water partition coefficient (Wildman–Crippen LogP) is 3.13. The fraction of sp³-hybridized carbons (Fsp3) is 0.333. The van der Waals surface area contributed by atoms with Crippen LogP contribution in [-0.4, -0.2) is 48.9 Å². The summed E-state index contributed by atoms with van der Waals surface area (Å²) in [7, 11) is 3.86. The van der Waals surface area contributed by atoms with Crippen LogP contribution in [0.2, 0.25) is 0 Å². The molecule has 0 radical (unpaired) electrons. The van der Waals surface area contributed by atoms with Crippen molar-refractivity contribution in [3.05, 3.63) is 52.9 Å². The van der Waals surface area contributed by atoms with Crippen LogP contribution in [0.1, 0.15) is 11.8 Å². The minimum Gasteiger partial charge on any atom is -0.468 e. The average Bonchev–Trinajstić information content (AvgIpc) is 3.09. The number of amides is 2. The summed E-state index contributed by atoms with van der Waals surface area (Å²) in [5.74, 6) is 1.00. The molecule has 0 aliphatic heterocycles. The Hall–Kier alpha value is -1.77. The normalized spacial score (nSPS) is 12.0. The molecule has 2 rings (SSSR count). The van der Waals surface area contributed by atoms with Gasteiger partial charge in [0.05, 0.1) is 23.8 Å². The highest BCUT2D eigenvalue weighted by atomic mass is 79.9. The first kappa shape index (κ1) is 20.5. The maximum atomic E-state index is 12.0. The molecular weight excluding hydrogens is 418 g/mol. The molecule has 6 nitrogen and oxygen atoms in total. The first-order chi connectivity index (χ1) is 12.5. The largest absolute Gasteiger partial charge is 0.468 e. The van der Waals surface area contributed by atoms with Crippen molar-refractivity contribution in [3.8, 4) is 0 Å². The summed E-state index contributed by atoms with van der Waals surface area (Å²) in [5.41, 5.74) is 0.724. The Morgan fingerprint density at radius 1 is 1.19 bits per heavy atom. The second-order valence-corrected chi connectivity index (χ2v) is 7.75. The number of benzene rings is 1. The number of rotatable bonds is 9. The van der Waals surface area contributed by atoms with E-state index in [2.05, 4.69) is 26.6 Å². The van der Waals surface area contributed by atoms with E-state index in [1.54, 1.807) is 6.26 Å². The van der Waals surface area contributed by atoms with Crippen molar-refractivity contribution in [3.63, 3.8) is 0 Å². The Morgan fingerprint density at radius 3 is 2.62 bits per heavy atom. The molecule has 0 aliphatic carbocycles. The molecule has 0 fully saturated rings. The van der Waals surface area contributed by atoms with Crippen LogP contribution in [0.15, 0.2) is 51.6 Å². The van der Waals surface area contributed by atoms with Crippen molar-refractivity contribution in [1.82, 2.24) is 10.2 Å². The van der Waals surface area contributed by atoms with Crippen molar-refractivity contribution in [2.24, 2.45) is 0 Å². The second-order valence-electron chi connectivity index (χ2n) is 5.85. The third kappa shape index (κ3) is 6.86.